The Bertz CT molecular complexity index is 1920. The van der Waals surface area contributed by atoms with Gasteiger partial charge >= 0.3 is 0 Å². The first kappa shape index (κ1) is 32.7. The van der Waals surface area contributed by atoms with Gasteiger partial charge in [-0.3, -0.25) is 24.2 Å². The van der Waals surface area contributed by atoms with Gasteiger partial charge in [0, 0.05) is 62.9 Å². The minimum absolute atomic E-state index is 0.163. The quantitative estimate of drug-likeness (QED) is 0.274. The SMILES string of the molecule is CC.CC1(C)Cc2cc3n(c2C1)CCN(c1nccc(-c2c[nH]c(=O)c(Nc4ccc(N5CCN(C6COC6)CC5)cn4)c2)c1C=O)C3=O. The average Bonchev–Trinajstić information content (AvgIpc) is 3.58. The third kappa shape index (κ3) is 6.15. The minimum Gasteiger partial charge on any atom is -0.378 e. The van der Waals surface area contributed by atoms with Crippen molar-refractivity contribution in [1.82, 2.24) is 24.4 Å². The molecule has 0 aromatic carbocycles. The van der Waals surface area contributed by atoms with Crippen molar-refractivity contribution in [3.63, 3.8) is 0 Å². The fourth-order valence-corrected chi connectivity index (χ4v) is 7.45. The zero-order valence-electron chi connectivity index (χ0n) is 28.7. The first-order valence-corrected chi connectivity index (χ1v) is 17.3. The van der Waals surface area contributed by atoms with Crippen molar-refractivity contribution in [1.29, 1.82) is 0 Å². The van der Waals surface area contributed by atoms with Gasteiger partial charge in [0.2, 0.25) is 0 Å². The van der Waals surface area contributed by atoms with E-state index >= 15 is 0 Å². The van der Waals surface area contributed by atoms with E-state index in [0.717, 1.165) is 64.2 Å². The zero-order valence-corrected chi connectivity index (χ0v) is 28.7. The number of rotatable bonds is 7. The fourth-order valence-electron chi connectivity index (χ4n) is 7.45. The smallest absolute Gasteiger partial charge is 0.276 e. The van der Waals surface area contributed by atoms with Gasteiger partial charge in [-0.15, -0.1) is 0 Å². The van der Waals surface area contributed by atoms with E-state index in [9.17, 15) is 14.4 Å². The number of H-pyrrole nitrogens is 1. The van der Waals surface area contributed by atoms with Crippen LogP contribution in [-0.4, -0.2) is 88.6 Å². The van der Waals surface area contributed by atoms with Crippen LogP contribution in [0.5, 0.6) is 0 Å². The second-order valence-corrected chi connectivity index (χ2v) is 13.7. The molecule has 0 spiro atoms. The molecule has 0 saturated carbocycles. The number of ether oxygens (including phenoxy) is 1. The number of hydrogen-bond donors (Lipinski definition) is 2. The number of carbonyl (C=O) groups is 2. The molecule has 7 heterocycles. The molecule has 12 nitrogen and oxygen atoms in total. The maximum absolute atomic E-state index is 13.8. The van der Waals surface area contributed by atoms with Crippen LogP contribution in [0.25, 0.3) is 11.1 Å². The molecular weight excluding hydrogens is 620 g/mol. The van der Waals surface area contributed by atoms with E-state index in [2.05, 4.69) is 48.5 Å². The Morgan fingerprint density at radius 2 is 1.78 bits per heavy atom. The highest BCUT2D eigenvalue weighted by Crippen LogP contribution is 2.40. The Balaban J connectivity index is 0.00000186. The lowest BCUT2D eigenvalue weighted by Gasteiger charge is -2.43. The molecule has 4 aromatic rings. The van der Waals surface area contributed by atoms with E-state index < -0.39 is 0 Å². The molecule has 3 aliphatic heterocycles. The molecule has 2 N–H and O–H groups in total. The average molecular weight is 665 g/mol. The molecule has 256 valence electrons. The summed E-state index contributed by atoms with van der Waals surface area (Å²) in [6, 6.07) is 9.85. The Kier molecular flexibility index (Phi) is 8.84. The summed E-state index contributed by atoms with van der Waals surface area (Å²) in [5, 5.41) is 3.14. The Morgan fingerprint density at radius 3 is 2.47 bits per heavy atom. The van der Waals surface area contributed by atoms with E-state index in [1.165, 1.54) is 11.3 Å². The van der Waals surface area contributed by atoms with Crippen LogP contribution < -0.4 is 20.7 Å². The predicted octanol–water partition coefficient (Wildman–Crippen LogP) is 4.52. The van der Waals surface area contributed by atoms with Crippen molar-refractivity contribution in [2.75, 3.05) is 61.1 Å². The molecule has 0 bridgehead atoms. The van der Waals surface area contributed by atoms with E-state index in [0.29, 0.717) is 58.8 Å². The number of pyridine rings is 3. The normalized spacial score (nSPS) is 18.7. The summed E-state index contributed by atoms with van der Waals surface area (Å²) in [7, 11) is 0. The number of aldehydes is 1. The summed E-state index contributed by atoms with van der Waals surface area (Å²) in [4.78, 5) is 57.5. The number of carbonyl (C=O) groups excluding carboxylic acids is 2. The molecule has 4 aromatic heterocycles. The third-order valence-corrected chi connectivity index (χ3v) is 10.0. The number of aromatic nitrogens is 4. The Labute approximate surface area is 286 Å². The highest BCUT2D eigenvalue weighted by molar-refractivity contribution is 6.08. The van der Waals surface area contributed by atoms with E-state index in [4.69, 9.17) is 4.74 Å². The second kappa shape index (κ2) is 13.2. The second-order valence-electron chi connectivity index (χ2n) is 13.7. The van der Waals surface area contributed by atoms with Crippen LogP contribution in [0.3, 0.4) is 0 Å². The van der Waals surface area contributed by atoms with Gasteiger partial charge in [0.15, 0.2) is 6.29 Å². The number of nitrogens with zero attached hydrogens (tertiary/aromatic N) is 6. The number of nitrogens with one attached hydrogen (secondary N) is 2. The number of piperazine rings is 1. The van der Waals surface area contributed by atoms with Crippen molar-refractivity contribution >= 4 is 35.2 Å². The van der Waals surface area contributed by atoms with Crippen LogP contribution in [0.2, 0.25) is 0 Å². The summed E-state index contributed by atoms with van der Waals surface area (Å²) < 4.78 is 7.48. The van der Waals surface area contributed by atoms with Gasteiger partial charge in [0.25, 0.3) is 11.5 Å². The van der Waals surface area contributed by atoms with Gasteiger partial charge in [-0.25, -0.2) is 9.97 Å². The standard InChI is InChI=1S/C35H38N8O4.C2H6/c1-35(2)15-22-14-29-34(46)43(12-11-42(29)30(22)16-35)32-27(19-44)26(5-6-36-32)23-13-28(33(45)38-17-23)39-31-4-3-24(18-37-31)40-7-9-41(10-8-40)25-20-47-21-25;1-2/h3-6,13-14,17-19,25H,7-12,15-16,20-21H2,1-2H3,(H,37,39)(H,38,45);1-2H3. The van der Waals surface area contributed by atoms with Gasteiger partial charge < -0.3 is 24.5 Å². The van der Waals surface area contributed by atoms with Gasteiger partial charge in [0.1, 0.15) is 23.0 Å². The van der Waals surface area contributed by atoms with E-state index in [1.54, 1.807) is 29.4 Å². The fraction of sp³-hybridized carbons (Fsp3) is 0.432. The van der Waals surface area contributed by atoms with Gasteiger partial charge in [0.05, 0.1) is 36.7 Å². The number of amides is 1. The maximum Gasteiger partial charge on any atom is 0.276 e. The van der Waals surface area contributed by atoms with Crippen LogP contribution in [0.4, 0.5) is 23.0 Å². The largest absolute Gasteiger partial charge is 0.378 e. The Morgan fingerprint density at radius 1 is 0.980 bits per heavy atom. The number of hydrogen-bond acceptors (Lipinski definition) is 9. The summed E-state index contributed by atoms with van der Waals surface area (Å²) in [6.45, 7) is 15.1. The van der Waals surface area contributed by atoms with Gasteiger partial charge in [-0.2, -0.15) is 0 Å². The highest BCUT2D eigenvalue weighted by atomic mass is 16.5. The zero-order chi connectivity index (χ0) is 34.3. The lowest BCUT2D eigenvalue weighted by Crippen LogP contribution is -2.56. The summed E-state index contributed by atoms with van der Waals surface area (Å²) in [6.07, 6.45) is 7.61. The first-order valence-electron chi connectivity index (χ1n) is 17.3. The highest BCUT2D eigenvalue weighted by Gasteiger charge is 2.37. The molecule has 2 saturated heterocycles. The Hall–Kier alpha value is -4.81. The molecule has 0 radical (unpaired) electrons. The molecule has 1 aliphatic carbocycles. The topological polar surface area (TPSA) is 129 Å². The van der Waals surface area contributed by atoms with Gasteiger partial charge in [-0.1, -0.05) is 27.7 Å². The number of aromatic amines is 1. The van der Waals surface area contributed by atoms with Crippen LogP contribution in [0.15, 0.2) is 53.7 Å². The van der Waals surface area contributed by atoms with E-state index in [1.807, 2.05) is 38.2 Å². The maximum atomic E-state index is 13.8. The molecule has 0 atom stereocenters. The summed E-state index contributed by atoms with van der Waals surface area (Å²) >= 11 is 0. The lowest BCUT2D eigenvalue weighted by molar-refractivity contribution is -0.0660. The van der Waals surface area contributed by atoms with Crippen molar-refractivity contribution in [3.8, 4) is 11.1 Å². The summed E-state index contributed by atoms with van der Waals surface area (Å²) in [5.74, 6) is 0.685. The molecule has 12 heteroatoms. The molecule has 4 aliphatic rings. The summed E-state index contributed by atoms with van der Waals surface area (Å²) in [5.41, 5.74) is 5.78. The van der Waals surface area contributed by atoms with Crippen LogP contribution in [-0.2, 0) is 24.1 Å². The third-order valence-electron chi connectivity index (χ3n) is 10.0. The van der Waals surface area contributed by atoms with Crippen LogP contribution in [0.1, 0.15) is 59.8 Å². The van der Waals surface area contributed by atoms with Gasteiger partial charge in [-0.05, 0) is 59.7 Å². The molecule has 49 heavy (non-hydrogen) atoms. The minimum atomic E-state index is -0.319. The molecule has 1 amide bonds. The number of anilines is 4. The van der Waals surface area contributed by atoms with E-state index in [-0.39, 0.29) is 16.9 Å². The number of fused-ring (bicyclic) bond motifs is 3. The molecular formula is C37H44N8O4. The van der Waals surface area contributed by atoms with Crippen molar-refractivity contribution in [2.45, 2.75) is 53.1 Å². The first-order chi connectivity index (χ1) is 23.8. The van der Waals surface area contributed by atoms with Crippen molar-refractivity contribution in [3.05, 3.63) is 81.8 Å². The molecule has 2 fully saturated rings. The monoisotopic (exact) mass is 664 g/mol. The van der Waals surface area contributed by atoms with Crippen molar-refractivity contribution < 1.29 is 14.3 Å². The molecule has 8 rings (SSSR count). The lowest BCUT2D eigenvalue weighted by atomic mass is 9.90. The van der Waals surface area contributed by atoms with Crippen LogP contribution >= 0.6 is 0 Å². The predicted molar refractivity (Wildman–Crippen MR) is 190 cm³/mol. The molecule has 0 unspecified atom stereocenters. The van der Waals surface area contributed by atoms with Crippen LogP contribution in [0, 0.1) is 5.41 Å². The van der Waals surface area contributed by atoms with Crippen molar-refractivity contribution in [2.24, 2.45) is 5.41 Å².